The second-order valence-corrected chi connectivity index (χ2v) is 27.9. The van der Waals surface area contributed by atoms with Gasteiger partial charge in [-0.25, -0.2) is 0 Å². The Balaban J connectivity index is 0.937. The minimum Gasteiger partial charge on any atom is -0.459 e. The second kappa shape index (κ2) is 26.8. The normalized spacial score (nSPS) is 50.1. The van der Waals surface area contributed by atoms with E-state index in [4.69, 9.17) is 56.8 Å². The number of esters is 1. The summed E-state index contributed by atoms with van der Waals surface area (Å²) < 4.78 is 72.5. The summed E-state index contributed by atoms with van der Waals surface area (Å²) in [6, 6.07) is 0. The maximum Gasteiger partial charge on any atom is 0.303 e. The van der Waals surface area contributed by atoms with Crippen LogP contribution in [0.4, 0.5) is 0 Å². The molecule has 500 valence electrons. The smallest absolute Gasteiger partial charge is 0.303 e. The lowest BCUT2D eigenvalue weighted by atomic mass is 9.41. The molecule has 0 bridgehead atoms. The van der Waals surface area contributed by atoms with Crippen molar-refractivity contribution in [3.63, 3.8) is 0 Å². The van der Waals surface area contributed by atoms with Crippen LogP contribution in [0.2, 0.25) is 0 Å². The van der Waals surface area contributed by atoms with Crippen molar-refractivity contribution in [2.45, 2.75) is 280 Å². The minimum atomic E-state index is -1.99. The van der Waals surface area contributed by atoms with Gasteiger partial charge in [-0.1, -0.05) is 57.9 Å². The average molecular weight is 1250 g/mol. The molecule has 32 atom stereocenters. The molecule has 0 radical (unpaired) electrons. The number of carbonyl (C=O) groups excluding carboxylic acids is 1. The molecule has 0 aromatic heterocycles. The number of hydrogen-bond acceptors (Lipinski definition) is 26. The lowest BCUT2D eigenvalue weighted by Gasteiger charge is -2.65. The fourth-order valence-electron chi connectivity index (χ4n) is 17.0. The van der Waals surface area contributed by atoms with Gasteiger partial charge in [-0.05, 0) is 112 Å². The highest BCUT2D eigenvalue weighted by molar-refractivity contribution is 5.66. The van der Waals surface area contributed by atoms with Gasteiger partial charge in [0.05, 0.1) is 38.6 Å². The zero-order valence-electron chi connectivity index (χ0n) is 51.9. The molecule has 9 aliphatic rings. The van der Waals surface area contributed by atoms with Crippen molar-refractivity contribution in [3.05, 3.63) is 23.3 Å². The van der Waals surface area contributed by atoms with Crippen LogP contribution in [0.1, 0.15) is 121 Å². The first-order valence-corrected chi connectivity index (χ1v) is 31.1. The van der Waals surface area contributed by atoms with E-state index in [2.05, 4.69) is 40.7 Å². The number of allylic oxidation sites excluding steroid dienone is 3. The number of ether oxygens (including phenoxy) is 12. The van der Waals surface area contributed by atoms with E-state index < -0.39 is 190 Å². The summed E-state index contributed by atoms with van der Waals surface area (Å²) in [7, 11) is 1.19. The highest BCUT2D eigenvalue weighted by Crippen LogP contribution is 2.74. The molecule has 5 heterocycles. The highest BCUT2D eigenvalue weighted by atomic mass is 16.8. The Morgan fingerprint density at radius 3 is 1.80 bits per heavy atom. The van der Waals surface area contributed by atoms with E-state index in [0.29, 0.717) is 12.8 Å². The molecule has 0 aromatic rings. The Morgan fingerprint density at radius 2 is 1.20 bits per heavy atom. The van der Waals surface area contributed by atoms with Gasteiger partial charge in [-0.15, -0.1) is 0 Å². The monoisotopic (exact) mass is 1250 g/mol. The van der Waals surface area contributed by atoms with Crippen molar-refractivity contribution in [3.8, 4) is 0 Å². The molecule has 4 aliphatic carbocycles. The van der Waals surface area contributed by atoms with Gasteiger partial charge in [0, 0.05) is 20.5 Å². The molecule has 26 nitrogen and oxygen atoms in total. The highest BCUT2D eigenvalue weighted by Gasteiger charge is 2.69. The van der Waals surface area contributed by atoms with Gasteiger partial charge in [0.1, 0.15) is 115 Å². The summed E-state index contributed by atoms with van der Waals surface area (Å²) in [5.41, 5.74) is -0.0613. The molecule has 13 N–H and O–H groups in total. The third kappa shape index (κ3) is 12.7. The van der Waals surface area contributed by atoms with E-state index >= 15 is 0 Å². The molecule has 26 heteroatoms. The molecule has 87 heavy (non-hydrogen) atoms. The minimum absolute atomic E-state index is 0.103. The van der Waals surface area contributed by atoms with E-state index in [1.54, 1.807) is 0 Å². The van der Waals surface area contributed by atoms with E-state index in [9.17, 15) is 71.2 Å². The van der Waals surface area contributed by atoms with Crippen LogP contribution in [0, 0.1) is 39.4 Å². The summed E-state index contributed by atoms with van der Waals surface area (Å²) in [6.45, 7) is 17.6. The van der Waals surface area contributed by atoms with Crippen molar-refractivity contribution in [1.82, 2.24) is 0 Å². The van der Waals surface area contributed by atoms with Gasteiger partial charge in [-0.3, -0.25) is 4.79 Å². The molecule has 9 rings (SSSR count). The average Bonchev–Trinajstić information content (AvgIpc) is 1.66. The van der Waals surface area contributed by atoms with E-state index in [-0.39, 0.29) is 40.6 Å². The first kappa shape index (κ1) is 69.3. The third-order valence-electron chi connectivity index (χ3n) is 22.2. The molecular formula is C61H100O26. The predicted molar refractivity (Wildman–Crippen MR) is 300 cm³/mol. The van der Waals surface area contributed by atoms with E-state index in [0.717, 1.165) is 44.1 Å². The standard InChI is InChI=1S/C61H100O26/c1-26(2)12-15-38(80-28(4)64)61(10,75)36-17-21-59(8)30-13-14-35-57(5,6)37(18-19-58(35,7)29(30)16-20-60(36,59)9)83-55-50(40(68)32(66)25-78-55)87-56-51(86-52-43(71)39(67)31(65)24-77-52)44(72)47(27(3)79-56)84-54-46(74)49(42(70)34(23-63)82-54)85-53-45(73)48(76-11)41(69)33(22-62)81-53/h12,16,27,30-56,62-63,65-75H,13-15,17-25H2,1-11H3/t27-,30-,31-,32-,33-,34-,35?,36+,37+,38-,39+,40+,41-,42-,43-,44+,45-,46-,47-,48+,49+,50-,51-,52+,53+,54+,55+,56+,58-,59+,60-,61-/m1/s1. The lowest BCUT2D eigenvalue weighted by molar-refractivity contribution is -0.403. The summed E-state index contributed by atoms with van der Waals surface area (Å²) in [5.74, 6) is -0.246. The summed E-state index contributed by atoms with van der Waals surface area (Å²) in [6.07, 6.45) is -28.9. The molecule has 3 saturated carbocycles. The van der Waals surface area contributed by atoms with Gasteiger partial charge < -0.3 is 123 Å². The van der Waals surface area contributed by atoms with Crippen LogP contribution < -0.4 is 0 Å². The molecule has 0 spiro atoms. The number of hydrogen-bond donors (Lipinski definition) is 13. The first-order chi connectivity index (χ1) is 40.8. The molecular weight excluding hydrogens is 1150 g/mol. The Bertz CT molecular complexity index is 2390. The largest absolute Gasteiger partial charge is 0.459 e. The lowest BCUT2D eigenvalue weighted by Crippen LogP contribution is -2.68. The molecule has 5 saturated heterocycles. The van der Waals surface area contributed by atoms with Gasteiger partial charge >= 0.3 is 5.97 Å². The van der Waals surface area contributed by atoms with E-state index in [1.807, 2.05) is 26.8 Å². The van der Waals surface area contributed by atoms with Crippen LogP contribution in [0.3, 0.4) is 0 Å². The van der Waals surface area contributed by atoms with E-state index in [1.165, 1.54) is 26.5 Å². The van der Waals surface area contributed by atoms with Gasteiger partial charge in [0.15, 0.2) is 31.5 Å². The Labute approximate surface area is 508 Å². The molecule has 0 amide bonds. The van der Waals surface area contributed by atoms with Gasteiger partial charge in [0.25, 0.3) is 0 Å². The number of carbonyl (C=O) groups is 1. The molecule has 1 unspecified atom stereocenters. The maximum atomic E-state index is 12.6. The molecule has 0 aromatic carbocycles. The van der Waals surface area contributed by atoms with Gasteiger partial charge in [-0.2, -0.15) is 0 Å². The Hall–Kier alpha value is -2.01. The van der Waals surface area contributed by atoms with Crippen LogP contribution in [0.5, 0.6) is 0 Å². The topological polar surface area (TPSA) is 391 Å². The van der Waals surface area contributed by atoms with Crippen LogP contribution in [-0.2, 0) is 61.6 Å². The molecule has 5 aliphatic heterocycles. The zero-order chi connectivity index (χ0) is 63.8. The van der Waals surface area contributed by atoms with Crippen molar-refractivity contribution in [1.29, 1.82) is 0 Å². The summed E-state index contributed by atoms with van der Waals surface area (Å²) in [4.78, 5) is 12.5. The van der Waals surface area contributed by atoms with Crippen LogP contribution in [-0.4, -0.2) is 265 Å². The van der Waals surface area contributed by atoms with Crippen LogP contribution >= 0.6 is 0 Å². The van der Waals surface area contributed by atoms with Crippen LogP contribution in [0.15, 0.2) is 23.3 Å². The number of methoxy groups -OCH3 is 1. The third-order valence-corrected chi connectivity index (χ3v) is 22.2. The Morgan fingerprint density at radius 1 is 0.632 bits per heavy atom. The SMILES string of the molecule is CO[C@@H]1[C@@H](O)[C@H](O[C@@H]2[C@@H](O)[C@H](O[C@H]3[C@H](O)[C@@H](O[C@@H]4OC[C@@H](O)[C@H](O)[C@H]4O)[C@H](O[C@H]4[C@H](O[C@H]5CC[C@]6(C)C7=CC[C@]8(C)[C@@H]([C@@](C)(O)[C@@H](CC=C(C)C)OC(C)=O)CC[C@@]8(C)[C@@H]7CCC6C5(C)C)OC[C@@H](O)[C@@H]4O)O[C@@H]3C)O[C@H](CO)[C@H]2O)O[C@H](CO)[C@H]1O. The predicted octanol–water partition coefficient (Wildman–Crippen LogP) is -0.928. The second-order valence-electron chi connectivity index (χ2n) is 27.9. The Kier molecular flexibility index (Phi) is 21.3. The summed E-state index contributed by atoms with van der Waals surface area (Å²) in [5, 5.41) is 145. The fourth-order valence-corrected chi connectivity index (χ4v) is 17.0. The van der Waals surface area contributed by atoms with Crippen LogP contribution in [0.25, 0.3) is 0 Å². The first-order valence-electron chi connectivity index (χ1n) is 31.1. The summed E-state index contributed by atoms with van der Waals surface area (Å²) >= 11 is 0. The number of rotatable bonds is 18. The van der Waals surface area contributed by atoms with Gasteiger partial charge in [0.2, 0.25) is 0 Å². The van der Waals surface area contributed by atoms with Crippen molar-refractivity contribution < 1.29 is 128 Å². The van der Waals surface area contributed by atoms with Crippen molar-refractivity contribution in [2.75, 3.05) is 33.5 Å². The number of fused-ring (bicyclic) bond motifs is 5. The number of aliphatic hydroxyl groups excluding tert-OH is 12. The number of aliphatic hydroxyl groups is 13. The molecule has 8 fully saturated rings. The quantitative estimate of drug-likeness (QED) is 0.0448. The fraction of sp³-hybridized carbons (Fsp3) is 0.918. The van der Waals surface area contributed by atoms with Crippen molar-refractivity contribution >= 4 is 5.97 Å². The zero-order valence-corrected chi connectivity index (χ0v) is 51.9. The van der Waals surface area contributed by atoms with Crippen molar-refractivity contribution in [2.24, 2.45) is 39.4 Å². The maximum absolute atomic E-state index is 12.6.